The largest absolute Gasteiger partial charge is 0.481 e. The lowest BCUT2D eigenvalue weighted by atomic mass is 10.2. The van der Waals surface area contributed by atoms with Crippen LogP contribution in [0.5, 0.6) is 0 Å². The summed E-state index contributed by atoms with van der Waals surface area (Å²) >= 11 is 3.33. The summed E-state index contributed by atoms with van der Waals surface area (Å²) in [7, 11) is 0. The highest BCUT2D eigenvalue weighted by molar-refractivity contribution is 9.10. The van der Waals surface area contributed by atoms with Gasteiger partial charge in [-0.05, 0) is 35.7 Å². The lowest BCUT2D eigenvalue weighted by Gasteiger charge is -2.02. The minimum atomic E-state index is -0.771. The Morgan fingerprint density at radius 1 is 1.64 bits per heavy atom. The second-order valence-electron chi connectivity index (χ2n) is 2.96. The maximum Gasteiger partial charge on any atom is 0.303 e. The molecule has 1 aromatic heterocycles. The molecule has 0 aromatic carbocycles. The van der Waals surface area contributed by atoms with Crippen LogP contribution in [0, 0.1) is 6.92 Å². The van der Waals surface area contributed by atoms with Gasteiger partial charge in [-0.1, -0.05) is 0 Å². The van der Waals surface area contributed by atoms with Crippen LogP contribution in [0.4, 0.5) is 0 Å². The summed E-state index contributed by atoms with van der Waals surface area (Å²) in [6.45, 7) is 1.81. The van der Waals surface area contributed by atoms with E-state index in [1.807, 2.05) is 6.92 Å². The maximum absolute atomic E-state index is 10.3. The second kappa shape index (κ2) is 5.05. The van der Waals surface area contributed by atoms with Gasteiger partial charge < -0.3 is 5.11 Å². The molecule has 0 bridgehead atoms. The first-order chi connectivity index (χ1) is 6.59. The fourth-order valence-corrected chi connectivity index (χ4v) is 1.47. The Kier molecular flexibility index (Phi) is 4.00. The SMILES string of the molecule is Cc1ncc(Br)c(CCCC(=O)O)n1. The number of hydrogen-bond donors (Lipinski definition) is 1. The molecule has 0 aliphatic rings. The first-order valence-electron chi connectivity index (χ1n) is 4.29. The summed E-state index contributed by atoms with van der Waals surface area (Å²) in [4.78, 5) is 18.5. The molecule has 4 nitrogen and oxygen atoms in total. The maximum atomic E-state index is 10.3. The molecule has 0 unspecified atom stereocenters. The predicted octanol–water partition coefficient (Wildman–Crippen LogP) is 1.95. The molecule has 0 aliphatic heterocycles. The zero-order chi connectivity index (χ0) is 10.6. The van der Waals surface area contributed by atoms with Gasteiger partial charge in [-0.25, -0.2) is 9.97 Å². The Balaban J connectivity index is 2.57. The van der Waals surface area contributed by atoms with Crippen molar-refractivity contribution in [3.8, 4) is 0 Å². The highest BCUT2D eigenvalue weighted by Crippen LogP contribution is 2.15. The van der Waals surface area contributed by atoms with Crippen molar-refractivity contribution in [2.75, 3.05) is 0 Å². The van der Waals surface area contributed by atoms with Gasteiger partial charge >= 0.3 is 5.97 Å². The molecule has 0 saturated heterocycles. The van der Waals surface area contributed by atoms with Crippen LogP contribution in [-0.2, 0) is 11.2 Å². The van der Waals surface area contributed by atoms with Crippen molar-refractivity contribution in [2.45, 2.75) is 26.2 Å². The van der Waals surface area contributed by atoms with Crippen LogP contribution in [0.1, 0.15) is 24.4 Å². The molecular formula is C9H11BrN2O2. The van der Waals surface area contributed by atoms with Gasteiger partial charge in [-0.3, -0.25) is 4.79 Å². The van der Waals surface area contributed by atoms with Gasteiger partial charge in [0.25, 0.3) is 0 Å². The summed E-state index contributed by atoms with van der Waals surface area (Å²) < 4.78 is 0.841. The minimum absolute atomic E-state index is 0.176. The van der Waals surface area contributed by atoms with E-state index in [0.29, 0.717) is 18.7 Å². The van der Waals surface area contributed by atoms with Gasteiger partial charge in [-0.2, -0.15) is 0 Å². The molecule has 5 heteroatoms. The Labute approximate surface area is 90.5 Å². The normalized spacial score (nSPS) is 10.1. The predicted molar refractivity (Wildman–Crippen MR) is 55.0 cm³/mol. The van der Waals surface area contributed by atoms with Crippen LogP contribution in [-0.4, -0.2) is 21.0 Å². The zero-order valence-electron chi connectivity index (χ0n) is 7.83. The molecule has 0 fully saturated rings. The van der Waals surface area contributed by atoms with Crippen LogP contribution >= 0.6 is 15.9 Å². The Morgan fingerprint density at radius 2 is 2.36 bits per heavy atom. The summed E-state index contributed by atoms with van der Waals surface area (Å²) in [5.41, 5.74) is 0.874. The van der Waals surface area contributed by atoms with E-state index in [1.165, 1.54) is 0 Å². The monoisotopic (exact) mass is 258 g/mol. The van der Waals surface area contributed by atoms with Crippen molar-refractivity contribution in [2.24, 2.45) is 0 Å². The molecule has 1 rings (SSSR count). The van der Waals surface area contributed by atoms with E-state index in [-0.39, 0.29) is 6.42 Å². The van der Waals surface area contributed by atoms with Crippen molar-refractivity contribution in [3.63, 3.8) is 0 Å². The number of rotatable bonds is 4. The van der Waals surface area contributed by atoms with E-state index in [1.54, 1.807) is 6.20 Å². The summed E-state index contributed by atoms with van der Waals surface area (Å²) in [6.07, 6.45) is 3.13. The van der Waals surface area contributed by atoms with Gasteiger partial charge in [0.15, 0.2) is 0 Å². The number of aliphatic carboxylic acids is 1. The fourth-order valence-electron chi connectivity index (χ4n) is 1.08. The van der Waals surface area contributed by atoms with Crippen LogP contribution in [0.2, 0.25) is 0 Å². The number of aryl methyl sites for hydroxylation is 2. The average Bonchev–Trinajstić information content (AvgIpc) is 2.10. The van der Waals surface area contributed by atoms with E-state index >= 15 is 0 Å². The zero-order valence-corrected chi connectivity index (χ0v) is 9.41. The molecule has 1 aromatic rings. The van der Waals surface area contributed by atoms with Crippen molar-refractivity contribution in [1.29, 1.82) is 0 Å². The average molecular weight is 259 g/mol. The highest BCUT2D eigenvalue weighted by atomic mass is 79.9. The smallest absolute Gasteiger partial charge is 0.303 e. The quantitative estimate of drug-likeness (QED) is 0.897. The number of carboxylic acid groups (broad SMARTS) is 1. The summed E-state index contributed by atoms with van der Waals surface area (Å²) in [5, 5.41) is 8.47. The Bertz CT molecular complexity index is 342. The van der Waals surface area contributed by atoms with Crippen molar-refractivity contribution < 1.29 is 9.90 Å². The number of carbonyl (C=O) groups is 1. The third-order valence-electron chi connectivity index (χ3n) is 1.74. The molecule has 0 radical (unpaired) electrons. The van der Waals surface area contributed by atoms with E-state index in [2.05, 4.69) is 25.9 Å². The number of carboxylic acids is 1. The van der Waals surface area contributed by atoms with Crippen LogP contribution in [0.3, 0.4) is 0 Å². The first-order valence-corrected chi connectivity index (χ1v) is 5.08. The molecule has 0 spiro atoms. The van der Waals surface area contributed by atoms with Gasteiger partial charge in [0.1, 0.15) is 5.82 Å². The Hall–Kier alpha value is -0.970. The van der Waals surface area contributed by atoms with Gasteiger partial charge in [0, 0.05) is 12.6 Å². The molecule has 0 atom stereocenters. The van der Waals surface area contributed by atoms with Crippen LogP contribution in [0.25, 0.3) is 0 Å². The standard InChI is InChI=1S/C9H11BrN2O2/c1-6-11-5-7(10)8(12-6)3-2-4-9(13)14/h5H,2-4H2,1H3,(H,13,14). The lowest BCUT2D eigenvalue weighted by molar-refractivity contribution is -0.137. The van der Waals surface area contributed by atoms with Gasteiger partial charge in [0.2, 0.25) is 0 Å². The molecule has 14 heavy (non-hydrogen) atoms. The number of nitrogens with zero attached hydrogens (tertiary/aromatic N) is 2. The lowest BCUT2D eigenvalue weighted by Crippen LogP contribution is -2.00. The first kappa shape index (κ1) is 11.1. The van der Waals surface area contributed by atoms with Gasteiger partial charge in [-0.15, -0.1) is 0 Å². The molecule has 0 amide bonds. The number of hydrogen-bond acceptors (Lipinski definition) is 3. The topological polar surface area (TPSA) is 63.1 Å². The third kappa shape index (κ3) is 3.41. The highest BCUT2D eigenvalue weighted by Gasteiger charge is 2.04. The van der Waals surface area contributed by atoms with E-state index in [4.69, 9.17) is 5.11 Å². The van der Waals surface area contributed by atoms with Crippen LogP contribution < -0.4 is 0 Å². The van der Waals surface area contributed by atoms with Crippen molar-refractivity contribution in [1.82, 2.24) is 9.97 Å². The fraction of sp³-hybridized carbons (Fsp3) is 0.444. The molecular weight excluding hydrogens is 248 g/mol. The second-order valence-corrected chi connectivity index (χ2v) is 3.81. The molecule has 76 valence electrons. The van der Waals surface area contributed by atoms with Crippen LogP contribution in [0.15, 0.2) is 10.7 Å². The molecule has 0 saturated carbocycles. The summed E-state index contributed by atoms with van der Waals surface area (Å²) in [6, 6.07) is 0. The third-order valence-corrected chi connectivity index (χ3v) is 2.40. The molecule has 1 N–H and O–H groups in total. The number of aromatic nitrogens is 2. The number of halogens is 1. The minimum Gasteiger partial charge on any atom is -0.481 e. The summed E-state index contributed by atoms with van der Waals surface area (Å²) in [5.74, 6) is -0.0644. The van der Waals surface area contributed by atoms with E-state index < -0.39 is 5.97 Å². The molecule has 0 aliphatic carbocycles. The Morgan fingerprint density at radius 3 is 3.00 bits per heavy atom. The van der Waals surface area contributed by atoms with Crippen molar-refractivity contribution >= 4 is 21.9 Å². The van der Waals surface area contributed by atoms with Crippen molar-refractivity contribution in [3.05, 3.63) is 22.2 Å². The van der Waals surface area contributed by atoms with Gasteiger partial charge in [0.05, 0.1) is 10.2 Å². The van der Waals surface area contributed by atoms with E-state index in [0.717, 1.165) is 10.2 Å². The molecule has 1 heterocycles. The van der Waals surface area contributed by atoms with E-state index in [9.17, 15) is 4.79 Å².